The molecule has 0 aliphatic heterocycles. The summed E-state index contributed by atoms with van der Waals surface area (Å²) in [6.07, 6.45) is -1.63. The monoisotopic (exact) mass is 491 g/mol. The normalized spacial score (nSPS) is 13.4. The van der Waals surface area contributed by atoms with Crippen molar-refractivity contribution in [3.8, 4) is 0 Å². The summed E-state index contributed by atoms with van der Waals surface area (Å²) in [4.78, 5) is 23.2. The maximum absolute atomic E-state index is 13.4. The van der Waals surface area contributed by atoms with Crippen LogP contribution in [0.5, 0.6) is 0 Å². The lowest BCUT2D eigenvalue weighted by Gasteiger charge is -2.30. The molecule has 0 bridgehead atoms. The highest BCUT2D eigenvalue weighted by Gasteiger charge is 2.31. The summed E-state index contributed by atoms with van der Waals surface area (Å²) in [5, 5.41) is 16.2. The molecule has 9 nitrogen and oxygen atoms in total. The number of alkyl carbamates (subject to hydrolysis) is 1. The second-order valence-corrected chi connectivity index (χ2v) is 10.4. The predicted octanol–water partition coefficient (Wildman–Crippen LogP) is 2.62. The van der Waals surface area contributed by atoms with Crippen LogP contribution in [0.3, 0.4) is 0 Å². The molecule has 0 spiro atoms. The number of aliphatic hydroxyl groups excluding tert-OH is 1. The zero-order valence-corrected chi connectivity index (χ0v) is 20.7. The molecule has 2 atom stereocenters. The summed E-state index contributed by atoms with van der Waals surface area (Å²) >= 11 is 0. The van der Waals surface area contributed by atoms with Crippen LogP contribution in [0.1, 0.15) is 26.3 Å². The van der Waals surface area contributed by atoms with E-state index >= 15 is 0 Å². The molecule has 0 aromatic heterocycles. The number of nitrogens with zero attached hydrogens (tertiary/aromatic N) is 1. The van der Waals surface area contributed by atoms with Crippen molar-refractivity contribution >= 4 is 27.7 Å². The van der Waals surface area contributed by atoms with Crippen molar-refractivity contribution in [3.05, 3.63) is 60.2 Å². The number of carbonyl (C=O) groups excluding carboxylic acids is 2. The molecule has 186 valence electrons. The average Bonchev–Trinajstić information content (AvgIpc) is 2.78. The highest BCUT2D eigenvalue weighted by molar-refractivity contribution is 7.89. The van der Waals surface area contributed by atoms with Gasteiger partial charge in [-0.2, -0.15) is 4.31 Å². The van der Waals surface area contributed by atoms with Crippen molar-refractivity contribution in [3.63, 3.8) is 0 Å². The van der Waals surface area contributed by atoms with E-state index in [0.717, 1.165) is 5.56 Å². The van der Waals surface area contributed by atoms with Crippen LogP contribution in [-0.2, 0) is 26.0 Å². The van der Waals surface area contributed by atoms with Crippen LogP contribution < -0.4 is 10.6 Å². The lowest BCUT2D eigenvalue weighted by atomic mass is 10.0. The van der Waals surface area contributed by atoms with Gasteiger partial charge in [0.15, 0.2) is 0 Å². The first-order valence-electron chi connectivity index (χ1n) is 11.0. The molecule has 2 rings (SSSR count). The number of methoxy groups -OCH3 is 1. The molecule has 0 aliphatic rings. The van der Waals surface area contributed by atoms with Crippen LogP contribution in [0.2, 0.25) is 0 Å². The van der Waals surface area contributed by atoms with Gasteiger partial charge in [0.05, 0.1) is 24.2 Å². The van der Waals surface area contributed by atoms with Crippen LogP contribution in [-0.4, -0.2) is 62.2 Å². The van der Waals surface area contributed by atoms with Crippen molar-refractivity contribution in [2.75, 3.05) is 25.5 Å². The maximum Gasteiger partial charge on any atom is 0.407 e. The lowest BCUT2D eigenvalue weighted by Crippen LogP contribution is -2.51. The molecular weight excluding hydrogens is 458 g/mol. The SMILES string of the molecule is COC(=O)N[C@@H](Cc1ccccc1)[C@H](O)CN(CC(C)C)S(=O)(=O)c1ccc(NC(C)=O)cc1. The molecule has 3 N–H and O–H groups in total. The summed E-state index contributed by atoms with van der Waals surface area (Å²) in [6, 6.07) is 14.3. The van der Waals surface area contributed by atoms with Gasteiger partial charge in [-0.15, -0.1) is 0 Å². The van der Waals surface area contributed by atoms with Gasteiger partial charge in [-0.3, -0.25) is 4.79 Å². The average molecular weight is 492 g/mol. The Balaban J connectivity index is 2.29. The van der Waals surface area contributed by atoms with Crippen LogP contribution >= 0.6 is 0 Å². The minimum atomic E-state index is -3.96. The van der Waals surface area contributed by atoms with Gasteiger partial charge in [0.2, 0.25) is 15.9 Å². The number of amides is 2. The van der Waals surface area contributed by atoms with E-state index < -0.39 is 28.3 Å². The van der Waals surface area contributed by atoms with Gasteiger partial charge in [0.1, 0.15) is 0 Å². The van der Waals surface area contributed by atoms with Crippen molar-refractivity contribution in [2.24, 2.45) is 5.92 Å². The fraction of sp³-hybridized carbons (Fsp3) is 0.417. The van der Waals surface area contributed by atoms with E-state index in [-0.39, 0.29) is 36.2 Å². The smallest absolute Gasteiger partial charge is 0.407 e. The first kappa shape index (κ1) is 27.3. The Labute approximate surface area is 201 Å². The first-order valence-corrected chi connectivity index (χ1v) is 12.4. The maximum atomic E-state index is 13.4. The van der Waals surface area contributed by atoms with Crippen molar-refractivity contribution < 1.29 is 27.9 Å². The summed E-state index contributed by atoms with van der Waals surface area (Å²) in [5.74, 6) is -0.274. The zero-order valence-electron chi connectivity index (χ0n) is 19.9. The fourth-order valence-corrected chi connectivity index (χ4v) is 5.06. The quantitative estimate of drug-likeness (QED) is 0.444. The van der Waals surface area contributed by atoms with E-state index in [1.54, 1.807) is 0 Å². The predicted molar refractivity (Wildman–Crippen MR) is 130 cm³/mol. The van der Waals surface area contributed by atoms with Gasteiger partial charge >= 0.3 is 6.09 Å². The van der Waals surface area contributed by atoms with Crippen LogP contribution in [0, 0.1) is 5.92 Å². The van der Waals surface area contributed by atoms with Crippen LogP contribution in [0.25, 0.3) is 0 Å². The minimum Gasteiger partial charge on any atom is -0.453 e. The van der Waals surface area contributed by atoms with Gasteiger partial charge in [-0.25, -0.2) is 13.2 Å². The van der Waals surface area contributed by atoms with E-state index in [0.29, 0.717) is 5.69 Å². The van der Waals surface area contributed by atoms with E-state index in [4.69, 9.17) is 4.74 Å². The molecule has 0 unspecified atom stereocenters. The second kappa shape index (κ2) is 12.5. The number of sulfonamides is 1. The summed E-state index contributed by atoms with van der Waals surface area (Å²) in [5.41, 5.74) is 1.35. The molecule has 0 fully saturated rings. The molecule has 0 saturated carbocycles. The standard InChI is InChI=1S/C24H33N3O6S/c1-17(2)15-27(34(31,32)21-12-10-20(11-13-21)25-18(3)28)16-23(29)22(26-24(30)33-4)14-19-8-6-5-7-9-19/h5-13,17,22-23,29H,14-16H2,1-4H3,(H,25,28)(H,26,30)/t22-,23+/m0/s1. The number of carbonyl (C=O) groups is 2. The third-order valence-electron chi connectivity index (χ3n) is 5.02. The van der Waals surface area contributed by atoms with Crippen molar-refractivity contribution in [1.82, 2.24) is 9.62 Å². The number of anilines is 1. The second-order valence-electron chi connectivity index (χ2n) is 8.42. The molecule has 0 heterocycles. The number of nitrogens with one attached hydrogen (secondary N) is 2. The molecular formula is C24H33N3O6S. The van der Waals surface area contributed by atoms with Crippen molar-refractivity contribution in [2.45, 2.75) is 44.2 Å². The molecule has 0 aliphatic carbocycles. The number of ether oxygens (including phenoxy) is 1. The molecule has 2 aromatic rings. The van der Waals surface area contributed by atoms with Gasteiger partial charge in [0, 0.05) is 25.7 Å². The highest BCUT2D eigenvalue weighted by atomic mass is 32.2. The molecule has 2 amide bonds. The Bertz CT molecular complexity index is 1040. The van der Waals surface area contributed by atoms with E-state index in [9.17, 15) is 23.1 Å². The van der Waals surface area contributed by atoms with Crippen LogP contribution in [0.4, 0.5) is 10.5 Å². The van der Waals surface area contributed by atoms with Gasteiger partial charge in [0.25, 0.3) is 0 Å². The number of rotatable bonds is 11. The van der Waals surface area contributed by atoms with Gasteiger partial charge in [-0.05, 0) is 42.2 Å². The van der Waals surface area contributed by atoms with Gasteiger partial charge < -0.3 is 20.5 Å². The van der Waals surface area contributed by atoms with Crippen molar-refractivity contribution in [1.29, 1.82) is 0 Å². The largest absolute Gasteiger partial charge is 0.453 e. The summed E-state index contributed by atoms with van der Waals surface area (Å²) in [7, 11) is -2.74. The number of benzene rings is 2. The lowest BCUT2D eigenvalue weighted by molar-refractivity contribution is -0.114. The van der Waals surface area contributed by atoms with Crippen LogP contribution in [0.15, 0.2) is 59.5 Å². The molecule has 0 saturated heterocycles. The molecule has 10 heteroatoms. The Morgan fingerprint density at radius 2 is 1.65 bits per heavy atom. The van der Waals surface area contributed by atoms with E-state index in [2.05, 4.69) is 10.6 Å². The Morgan fingerprint density at radius 3 is 2.18 bits per heavy atom. The van der Waals surface area contributed by atoms with E-state index in [1.165, 1.54) is 42.6 Å². The fourth-order valence-electron chi connectivity index (χ4n) is 3.44. The first-order chi connectivity index (χ1) is 16.0. The third kappa shape index (κ3) is 8.12. The number of aliphatic hydroxyl groups is 1. The van der Waals surface area contributed by atoms with Gasteiger partial charge in [-0.1, -0.05) is 44.2 Å². The topological polar surface area (TPSA) is 125 Å². The number of hydrogen-bond acceptors (Lipinski definition) is 6. The molecule has 2 aromatic carbocycles. The highest BCUT2D eigenvalue weighted by Crippen LogP contribution is 2.21. The molecule has 34 heavy (non-hydrogen) atoms. The Kier molecular flexibility index (Phi) is 10.0. The third-order valence-corrected chi connectivity index (χ3v) is 6.87. The Hall–Kier alpha value is -2.95. The summed E-state index contributed by atoms with van der Waals surface area (Å²) < 4.78 is 32.7. The minimum absolute atomic E-state index is 0.0123. The number of hydrogen-bond donors (Lipinski definition) is 3. The molecule has 0 radical (unpaired) electrons. The zero-order chi connectivity index (χ0) is 25.3. The Morgan fingerprint density at radius 1 is 1.03 bits per heavy atom. The van der Waals surface area contributed by atoms with E-state index in [1.807, 2.05) is 44.2 Å². The summed E-state index contributed by atoms with van der Waals surface area (Å²) in [6.45, 7) is 5.06.